The molecule has 1 heterocycles. The molecule has 0 bridgehead atoms. The van der Waals surface area contributed by atoms with Gasteiger partial charge in [0.2, 0.25) is 0 Å². The van der Waals surface area contributed by atoms with Crippen molar-refractivity contribution in [1.82, 2.24) is 0 Å². The Balaban J connectivity index is 2.80. The van der Waals surface area contributed by atoms with Crippen LogP contribution >= 0.6 is 0 Å². The maximum atomic E-state index is 5.62. The molecule has 0 saturated carbocycles. The van der Waals surface area contributed by atoms with E-state index < -0.39 is 6.29 Å². The maximum Gasteiger partial charge on any atom is 0.186 e. The second-order valence-electron chi connectivity index (χ2n) is 3.55. The summed E-state index contributed by atoms with van der Waals surface area (Å²) in [7, 11) is 6.46. The van der Waals surface area contributed by atoms with Crippen molar-refractivity contribution in [3.63, 3.8) is 0 Å². The molecule has 1 saturated heterocycles. The van der Waals surface area contributed by atoms with Crippen molar-refractivity contribution >= 4 is 0 Å². The molecule has 1 aliphatic heterocycles. The molecule has 0 aliphatic carbocycles. The van der Waals surface area contributed by atoms with Gasteiger partial charge in [-0.2, -0.15) is 0 Å². The molecule has 90 valence electrons. The van der Waals surface area contributed by atoms with Gasteiger partial charge in [0.25, 0.3) is 0 Å². The first kappa shape index (κ1) is 12.9. The molecule has 0 spiro atoms. The van der Waals surface area contributed by atoms with Crippen molar-refractivity contribution in [3.8, 4) is 0 Å². The van der Waals surface area contributed by atoms with Gasteiger partial charge in [0.15, 0.2) is 6.29 Å². The second kappa shape index (κ2) is 5.77. The highest BCUT2D eigenvalue weighted by atomic mass is 16.7. The highest BCUT2D eigenvalue weighted by Gasteiger charge is 2.45. The Morgan fingerprint density at radius 3 is 1.67 bits per heavy atom. The van der Waals surface area contributed by atoms with Crippen molar-refractivity contribution in [2.75, 3.05) is 28.4 Å². The summed E-state index contributed by atoms with van der Waals surface area (Å²) < 4.78 is 26.9. The van der Waals surface area contributed by atoms with Crippen LogP contribution in [-0.2, 0) is 23.7 Å². The summed E-state index contributed by atoms with van der Waals surface area (Å²) >= 11 is 0. The Hall–Kier alpha value is -0.200. The van der Waals surface area contributed by atoms with Crippen LogP contribution < -0.4 is 0 Å². The molecule has 0 N–H and O–H groups in total. The van der Waals surface area contributed by atoms with Crippen LogP contribution in [0.3, 0.4) is 0 Å². The maximum absolute atomic E-state index is 5.62. The molecule has 1 fully saturated rings. The van der Waals surface area contributed by atoms with Crippen LogP contribution in [0, 0.1) is 0 Å². The Morgan fingerprint density at radius 2 is 1.27 bits per heavy atom. The zero-order valence-electron chi connectivity index (χ0n) is 9.93. The molecule has 0 aromatic rings. The number of ether oxygens (including phenoxy) is 5. The third-order valence-electron chi connectivity index (χ3n) is 2.78. The monoisotopic (exact) mass is 220 g/mol. The van der Waals surface area contributed by atoms with Crippen molar-refractivity contribution in [2.24, 2.45) is 0 Å². The minimum absolute atomic E-state index is 0.0868. The molecule has 15 heavy (non-hydrogen) atoms. The fraction of sp³-hybridized carbons (Fsp3) is 1.00. The lowest BCUT2D eigenvalue weighted by Crippen LogP contribution is -2.59. The number of hydrogen-bond acceptors (Lipinski definition) is 5. The third kappa shape index (κ3) is 2.49. The van der Waals surface area contributed by atoms with Crippen molar-refractivity contribution < 1.29 is 23.7 Å². The van der Waals surface area contributed by atoms with Crippen LogP contribution in [0.25, 0.3) is 0 Å². The van der Waals surface area contributed by atoms with E-state index in [9.17, 15) is 0 Å². The molecule has 1 rings (SSSR count). The minimum atomic E-state index is -0.415. The van der Waals surface area contributed by atoms with Gasteiger partial charge in [-0.15, -0.1) is 0 Å². The molecule has 5 heteroatoms. The summed E-state index contributed by atoms with van der Waals surface area (Å²) in [5, 5.41) is 0. The van der Waals surface area contributed by atoms with Crippen LogP contribution in [0.2, 0.25) is 0 Å². The zero-order valence-corrected chi connectivity index (χ0v) is 9.93. The topological polar surface area (TPSA) is 46.2 Å². The van der Waals surface area contributed by atoms with E-state index in [-0.39, 0.29) is 24.4 Å². The summed E-state index contributed by atoms with van der Waals surface area (Å²) in [6.45, 7) is 1.93. The number of methoxy groups -OCH3 is 4. The van der Waals surface area contributed by atoms with Gasteiger partial charge in [-0.05, 0) is 6.92 Å². The molecule has 0 radical (unpaired) electrons. The Kier molecular flexibility index (Phi) is 4.95. The Labute approximate surface area is 90.6 Å². The van der Waals surface area contributed by atoms with E-state index in [1.807, 2.05) is 6.92 Å². The highest BCUT2D eigenvalue weighted by Crippen LogP contribution is 2.26. The molecular weight excluding hydrogens is 200 g/mol. The second-order valence-corrected chi connectivity index (χ2v) is 3.55. The van der Waals surface area contributed by atoms with E-state index in [0.29, 0.717) is 0 Å². The lowest BCUT2D eigenvalue weighted by molar-refractivity contribution is -0.298. The van der Waals surface area contributed by atoms with Crippen LogP contribution in [-0.4, -0.2) is 59.1 Å². The smallest absolute Gasteiger partial charge is 0.186 e. The van der Waals surface area contributed by atoms with Crippen LogP contribution in [0.4, 0.5) is 0 Å². The average Bonchev–Trinajstić information content (AvgIpc) is 2.27. The van der Waals surface area contributed by atoms with Crippen molar-refractivity contribution in [1.29, 1.82) is 0 Å². The largest absolute Gasteiger partial charge is 0.376 e. The summed E-state index contributed by atoms with van der Waals surface area (Å²) in [4.78, 5) is 0. The van der Waals surface area contributed by atoms with E-state index in [1.54, 1.807) is 28.4 Å². The van der Waals surface area contributed by atoms with E-state index in [1.165, 1.54) is 0 Å². The van der Waals surface area contributed by atoms with Gasteiger partial charge >= 0.3 is 0 Å². The average molecular weight is 220 g/mol. The van der Waals surface area contributed by atoms with Crippen molar-refractivity contribution in [2.45, 2.75) is 37.6 Å². The molecule has 0 unspecified atom stereocenters. The summed E-state index contributed by atoms with van der Waals surface area (Å²) in [5.41, 5.74) is 0. The molecule has 0 aromatic carbocycles. The van der Waals surface area contributed by atoms with Crippen molar-refractivity contribution in [3.05, 3.63) is 0 Å². The van der Waals surface area contributed by atoms with Gasteiger partial charge in [0, 0.05) is 28.4 Å². The van der Waals surface area contributed by atoms with Gasteiger partial charge < -0.3 is 23.7 Å². The zero-order chi connectivity index (χ0) is 11.4. The van der Waals surface area contributed by atoms with Crippen LogP contribution in [0.5, 0.6) is 0 Å². The fourth-order valence-corrected chi connectivity index (χ4v) is 2.00. The number of hydrogen-bond donors (Lipinski definition) is 0. The van der Waals surface area contributed by atoms with Gasteiger partial charge in [0.05, 0.1) is 6.10 Å². The predicted octanol–water partition coefficient (Wildman–Crippen LogP) is 0.423. The lowest BCUT2D eigenvalue weighted by Gasteiger charge is -2.43. The molecule has 0 amide bonds. The van der Waals surface area contributed by atoms with Crippen LogP contribution in [0.1, 0.15) is 6.92 Å². The van der Waals surface area contributed by atoms with E-state index in [4.69, 9.17) is 23.7 Å². The standard InChI is InChI=1S/C10H20O5/c1-6-7(11-2)8(12-3)9(13-4)10(14-5)15-6/h6-10H,1-5H3/t6-,7-,8+,9+,10+/m0/s1. The van der Waals surface area contributed by atoms with E-state index in [2.05, 4.69) is 0 Å². The molecular formula is C10H20O5. The summed E-state index contributed by atoms with van der Waals surface area (Å²) in [6, 6.07) is 0. The third-order valence-corrected chi connectivity index (χ3v) is 2.78. The summed E-state index contributed by atoms with van der Waals surface area (Å²) in [5.74, 6) is 0. The Morgan fingerprint density at radius 1 is 0.733 bits per heavy atom. The van der Waals surface area contributed by atoms with Gasteiger partial charge in [-0.1, -0.05) is 0 Å². The number of rotatable bonds is 4. The van der Waals surface area contributed by atoms with Crippen LogP contribution in [0.15, 0.2) is 0 Å². The SMILES string of the molecule is CO[C@@H]1O[C@@H](C)[C@H](OC)[C@@H](OC)[C@H]1OC. The first-order valence-electron chi connectivity index (χ1n) is 4.96. The minimum Gasteiger partial charge on any atom is -0.376 e. The van der Waals surface area contributed by atoms with Gasteiger partial charge in [-0.25, -0.2) is 0 Å². The molecule has 5 nitrogen and oxygen atoms in total. The lowest BCUT2D eigenvalue weighted by atomic mass is 9.99. The normalized spacial score (nSPS) is 41.8. The first-order chi connectivity index (χ1) is 7.19. The molecule has 0 aromatic heterocycles. The Bertz CT molecular complexity index is 187. The summed E-state index contributed by atoms with van der Waals surface area (Å²) in [6.07, 6.45) is -1.11. The predicted molar refractivity (Wildman–Crippen MR) is 53.7 cm³/mol. The highest BCUT2D eigenvalue weighted by molar-refractivity contribution is 4.90. The first-order valence-corrected chi connectivity index (χ1v) is 4.96. The quantitative estimate of drug-likeness (QED) is 0.687. The van der Waals surface area contributed by atoms with Gasteiger partial charge in [-0.3, -0.25) is 0 Å². The van der Waals surface area contributed by atoms with E-state index >= 15 is 0 Å². The van der Waals surface area contributed by atoms with E-state index in [0.717, 1.165) is 0 Å². The van der Waals surface area contributed by atoms with Gasteiger partial charge in [0.1, 0.15) is 18.3 Å². The molecule has 5 atom stereocenters. The molecule has 1 aliphatic rings. The fourth-order valence-electron chi connectivity index (χ4n) is 2.00.